The number of esters is 2. The molecule has 0 aliphatic heterocycles. The monoisotopic (exact) mass is 972 g/mol. The van der Waals surface area contributed by atoms with E-state index in [1.165, 1.54) is 127 Å². The molecule has 0 fully saturated rings. The summed E-state index contributed by atoms with van der Waals surface area (Å²) in [5.74, 6) is -0.143. The van der Waals surface area contributed by atoms with Crippen LogP contribution >= 0.6 is 79.4 Å². The van der Waals surface area contributed by atoms with Crippen molar-refractivity contribution >= 4 is 91.3 Å². The first-order valence-electron chi connectivity index (χ1n) is 22.5. The van der Waals surface area contributed by atoms with Gasteiger partial charge in [0, 0.05) is 94.0 Å². The van der Waals surface area contributed by atoms with Gasteiger partial charge in [-0.25, -0.2) is 0 Å². The summed E-state index contributed by atoms with van der Waals surface area (Å²) >= 11 is 13.2. The smallest absolute Gasteiger partial charge is 0.305 e. The van der Waals surface area contributed by atoms with Crippen LogP contribution in [0.1, 0.15) is 121 Å². The van der Waals surface area contributed by atoms with Crippen molar-refractivity contribution in [1.29, 1.82) is 0 Å². The average molecular weight is 974 g/mol. The summed E-state index contributed by atoms with van der Waals surface area (Å²) in [6.45, 7) is 18.9. The standard InChI is InChI=1S/C52H60O4S7/c1-9-11-13-15-17-45(53)55-29-27-37-19-21-39(57-37)47-31(3)33(5)49(61-47)41-23-25-43(59-41)51-35(7)36(8)52(63-51)44-26-24-42(60-44)50-34(6)32(4)48(62-50)40-22-20-38(58-40)28-30-56-46(54)18-16-14-12-10-2/h19-26H,9-18,27-30H2,1-8H3. The van der Waals surface area contributed by atoms with E-state index in [1.807, 2.05) is 79.4 Å². The van der Waals surface area contributed by atoms with Gasteiger partial charge in [-0.2, -0.15) is 0 Å². The fraction of sp³-hybridized carbons (Fsp3) is 0.423. The molecule has 7 aromatic rings. The molecule has 0 aliphatic carbocycles. The third-order valence-electron chi connectivity index (χ3n) is 11.9. The minimum Gasteiger partial charge on any atom is -0.465 e. The second-order valence-electron chi connectivity index (χ2n) is 16.5. The molecule has 11 heteroatoms. The van der Waals surface area contributed by atoms with E-state index >= 15 is 0 Å². The second-order valence-corrected chi connectivity index (χ2v) is 24.0. The number of unbranched alkanes of at least 4 members (excludes halogenated alkanes) is 6. The van der Waals surface area contributed by atoms with Crippen LogP contribution in [0.15, 0.2) is 48.5 Å². The number of hydrogen-bond donors (Lipinski definition) is 0. The predicted molar refractivity (Wildman–Crippen MR) is 279 cm³/mol. The normalized spacial score (nSPS) is 11.6. The topological polar surface area (TPSA) is 52.6 Å². The highest BCUT2D eigenvalue weighted by Gasteiger charge is 2.23. The van der Waals surface area contributed by atoms with E-state index in [0.29, 0.717) is 26.1 Å². The van der Waals surface area contributed by atoms with Crippen molar-refractivity contribution in [2.75, 3.05) is 13.2 Å². The fourth-order valence-corrected chi connectivity index (χ4v) is 16.6. The van der Waals surface area contributed by atoms with Gasteiger partial charge in [0.2, 0.25) is 0 Å². The zero-order chi connectivity index (χ0) is 44.6. The highest BCUT2D eigenvalue weighted by Crippen LogP contribution is 2.52. The summed E-state index contributed by atoms with van der Waals surface area (Å²) in [6, 6.07) is 18.2. The molecular weight excluding hydrogens is 913 g/mol. The van der Waals surface area contributed by atoms with Gasteiger partial charge in [-0.1, -0.05) is 52.4 Å². The first-order chi connectivity index (χ1) is 30.5. The molecule has 7 rings (SSSR count). The van der Waals surface area contributed by atoms with E-state index in [0.717, 1.165) is 38.5 Å². The van der Waals surface area contributed by atoms with Crippen molar-refractivity contribution < 1.29 is 19.1 Å². The van der Waals surface area contributed by atoms with Crippen LogP contribution < -0.4 is 0 Å². The molecule has 63 heavy (non-hydrogen) atoms. The minimum absolute atomic E-state index is 0.0713. The van der Waals surface area contributed by atoms with Gasteiger partial charge in [0.15, 0.2) is 0 Å². The Morgan fingerprint density at radius 1 is 0.381 bits per heavy atom. The predicted octanol–water partition coefficient (Wildman–Crippen LogP) is 18.1. The molecule has 4 nitrogen and oxygen atoms in total. The lowest BCUT2D eigenvalue weighted by Gasteiger charge is -2.03. The Hall–Kier alpha value is -3.16. The van der Waals surface area contributed by atoms with E-state index in [4.69, 9.17) is 9.47 Å². The van der Waals surface area contributed by atoms with Crippen molar-refractivity contribution in [3.05, 3.63) is 91.7 Å². The quantitative estimate of drug-likeness (QED) is 0.0502. The Bertz CT molecular complexity index is 2450. The molecule has 0 N–H and O–H groups in total. The van der Waals surface area contributed by atoms with Crippen LogP contribution in [-0.4, -0.2) is 25.2 Å². The van der Waals surface area contributed by atoms with Crippen LogP contribution in [0.2, 0.25) is 0 Å². The van der Waals surface area contributed by atoms with Gasteiger partial charge in [0.25, 0.3) is 0 Å². The van der Waals surface area contributed by atoms with Crippen molar-refractivity contribution in [3.63, 3.8) is 0 Å². The van der Waals surface area contributed by atoms with E-state index in [-0.39, 0.29) is 11.9 Å². The van der Waals surface area contributed by atoms with Crippen LogP contribution in [0.3, 0.4) is 0 Å². The number of rotatable bonds is 22. The van der Waals surface area contributed by atoms with E-state index in [2.05, 4.69) is 104 Å². The molecule has 0 saturated heterocycles. The van der Waals surface area contributed by atoms with Crippen molar-refractivity contribution in [3.8, 4) is 58.5 Å². The van der Waals surface area contributed by atoms with Gasteiger partial charge in [0.1, 0.15) is 0 Å². The van der Waals surface area contributed by atoms with Crippen LogP contribution in [0.25, 0.3) is 58.5 Å². The second kappa shape index (κ2) is 22.4. The first-order valence-corrected chi connectivity index (χ1v) is 28.2. The van der Waals surface area contributed by atoms with Crippen molar-refractivity contribution in [2.45, 2.75) is 132 Å². The average Bonchev–Trinajstić information content (AvgIpc) is 4.15. The maximum atomic E-state index is 12.2. The van der Waals surface area contributed by atoms with Gasteiger partial charge in [0.05, 0.1) is 13.2 Å². The number of ether oxygens (including phenoxy) is 2. The van der Waals surface area contributed by atoms with E-state index < -0.39 is 0 Å². The van der Waals surface area contributed by atoms with Crippen molar-refractivity contribution in [1.82, 2.24) is 0 Å². The lowest BCUT2D eigenvalue weighted by atomic mass is 10.1. The molecule has 0 saturated carbocycles. The molecular formula is C52H60O4S7. The third kappa shape index (κ3) is 11.5. The maximum Gasteiger partial charge on any atom is 0.305 e. The molecule has 0 radical (unpaired) electrons. The fourth-order valence-electron chi connectivity index (χ4n) is 7.70. The van der Waals surface area contributed by atoms with Crippen LogP contribution in [0.4, 0.5) is 0 Å². The number of carbonyl (C=O) groups is 2. The lowest BCUT2D eigenvalue weighted by molar-refractivity contribution is -0.144. The Balaban J connectivity index is 1.01. The Morgan fingerprint density at radius 2 is 0.667 bits per heavy atom. The third-order valence-corrected chi connectivity index (χ3v) is 21.6. The summed E-state index contributed by atoms with van der Waals surface area (Å²) < 4.78 is 11.1. The molecule has 0 aliphatic rings. The molecule has 334 valence electrons. The van der Waals surface area contributed by atoms with Gasteiger partial charge >= 0.3 is 11.9 Å². The SMILES string of the molecule is CCCCCCC(=O)OCCc1ccc(-c2sc(-c3ccc(-c4sc(-c5ccc(-c6sc(-c7ccc(CCOC(=O)CCCCCC)s7)c(C)c6C)s5)c(C)c4C)s3)c(C)c2C)s1. The van der Waals surface area contributed by atoms with Gasteiger partial charge in [-0.05, 0) is 136 Å². The molecule has 0 spiro atoms. The summed E-state index contributed by atoms with van der Waals surface area (Å²) in [6.07, 6.45) is 11.3. The molecule has 0 unspecified atom stereocenters. The summed E-state index contributed by atoms with van der Waals surface area (Å²) in [7, 11) is 0. The molecule has 7 aromatic heterocycles. The zero-order valence-electron chi connectivity index (χ0n) is 38.0. The van der Waals surface area contributed by atoms with E-state index in [9.17, 15) is 9.59 Å². The van der Waals surface area contributed by atoms with Crippen LogP contribution in [-0.2, 0) is 31.9 Å². The number of thiophene rings is 7. The lowest BCUT2D eigenvalue weighted by Crippen LogP contribution is -2.06. The van der Waals surface area contributed by atoms with Gasteiger partial charge in [-0.15, -0.1) is 79.4 Å². The highest BCUT2D eigenvalue weighted by molar-refractivity contribution is 7.31. The number of hydrogen-bond acceptors (Lipinski definition) is 11. The molecule has 0 aromatic carbocycles. The summed E-state index contributed by atoms with van der Waals surface area (Å²) in [5, 5.41) is 0. The largest absolute Gasteiger partial charge is 0.465 e. The van der Waals surface area contributed by atoms with Gasteiger partial charge in [-0.3, -0.25) is 9.59 Å². The summed E-state index contributed by atoms with van der Waals surface area (Å²) in [4.78, 5) is 42.9. The van der Waals surface area contributed by atoms with Crippen LogP contribution in [0, 0.1) is 41.5 Å². The van der Waals surface area contributed by atoms with E-state index in [1.54, 1.807) is 0 Å². The highest BCUT2D eigenvalue weighted by atomic mass is 32.1. The van der Waals surface area contributed by atoms with Crippen LogP contribution in [0.5, 0.6) is 0 Å². The van der Waals surface area contributed by atoms with Crippen molar-refractivity contribution in [2.24, 2.45) is 0 Å². The molecule has 0 atom stereocenters. The first kappa shape index (κ1) is 47.8. The summed E-state index contributed by atoms with van der Waals surface area (Å²) in [5.41, 5.74) is 8.15. The molecule has 0 amide bonds. The Morgan fingerprint density at radius 3 is 0.968 bits per heavy atom. The maximum absolute atomic E-state index is 12.2. The molecule has 0 bridgehead atoms. The minimum atomic E-state index is -0.0713. The van der Waals surface area contributed by atoms with Gasteiger partial charge < -0.3 is 9.47 Å². The zero-order valence-corrected chi connectivity index (χ0v) is 43.7. The Kier molecular flexibility index (Phi) is 17.0. The number of carbonyl (C=O) groups excluding carboxylic acids is 2. The molecule has 7 heterocycles. The Labute approximate surface area is 403 Å².